The average Bonchev–Trinajstić information content (AvgIpc) is 2.80. The fourth-order valence-electron chi connectivity index (χ4n) is 4.03. The smallest absolute Gasteiger partial charge is 0.189 e. The van der Waals surface area contributed by atoms with E-state index in [1.165, 1.54) is 5.56 Å². The van der Waals surface area contributed by atoms with Gasteiger partial charge in [-0.2, -0.15) is 0 Å². The maximum Gasteiger partial charge on any atom is 0.189 e. The Labute approximate surface area is 188 Å². The van der Waals surface area contributed by atoms with E-state index in [4.69, 9.17) is 10.5 Å². The van der Waals surface area contributed by atoms with Crippen molar-refractivity contribution in [2.24, 2.45) is 0 Å². The lowest BCUT2D eigenvalue weighted by Gasteiger charge is -2.34. The predicted molar refractivity (Wildman–Crippen MR) is 126 cm³/mol. The van der Waals surface area contributed by atoms with Crippen molar-refractivity contribution in [3.8, 4) is 11.3 Å². The third kappa shape index (κ3) is 4.94. The van der Waals surface area contributed by atoms with Crippen LogP contribution in [0.2, 0.25) is 0 Å². The third-order valence-corrected chi connectivity index (χ3v) is 5.66. The van der Waals surface area contributed by atoms with E-state index in [1.807, 2.05) is 18.2 Å². The zero-order valence-electron chi connectivity index (χ0n) is 18.6. The number of aromatic nitrogens is 3. The number of nitrogens with zero attached hydrogens (tertiary/aromatic N) is 4. The molecule has 1 aliphatic rings. The van der Waals surface area contributed by atoms with Gasteiger partial charge >= 0.3 is 0 Å². The molecule has 1 fully saturated rings. The minimum atomic E-state index is -0.171. The quantitative estimate of drug-likeness (QED) is 0.570. The van der Waals surface area contributed by atoms with Crippen molar-refractivity contribution >= 4 is 17.3 Å². The molecule has 0 amide bonds. The Kier molecular flexibility index (Phi) is 6.75. The van der Waals surface area contributed by atoms with Gasteiger partial charge in [-0.25, -0.2) is 9.97 Å². The number of anilines is 2. The summed E-state index contributed by atoms with van der Waals surface area (Å²) in [6, 6.07) is 10.1. The number of hydrogen-bond acceptors (Lipinski definition) is 7. The van der Waals surface area contributed by atoms with E-state index in [0.29, 0.717) is 12.3 Å². The van der Waals surface area contributed by atoms with Gasteiger partial charge in [0.25, 0.3) is 0 Å². The van der Waals surface area contributed by atoms with Crippen LogP contribution in [0.15, 0.2) is 48.9 Å². The highest BCUT2D eigenvalue weighted by atomic mass is 16.5. The van der Waals surface area contributed by atoms with Gasteiger partial charge in [-0.1, -0.05) is 37.6 Å². The van der Waals surface area contributed by atoms with Crippen LogP contribution in [-0.2, 0) is 17.6 Å². The molecule has 0 unspecified atom stereocenters. The Hall–Kier alpha value is -3.32. The molecule has 0 bridgehead atoms. The number of aryl methyl sites for hydroxylation is 1. The lowest BCUT2D eigenvalue weighted by Crippen LogP contribution is -2.41. The van der Waals surface area contributed by atoms with Crippen LogP contribution in [0.4, 0.5) is 11.5 Å². The van der Waals surface area contributed by atoms with Gasteiger partial charge in [-0.3, -0.25) is 9.78 Å². The Morgan fingerprint density at radius 3 is 2.78 bits per heavy atom. The molecule has 1 atom stereocenters. The first-order chi connectivity index (χ1) is 15.5. The molecule has 1 saturated heterocycles. The van der Waals surface area contributed by atoms with Gasteiger partial charge in [0.1, 0.15) is 5.69 Å². The minimum absolute atomic E-state index is 0.141. The van der Waals surface area contributed by atoms with Gasteiger partial charge in [0.2, 0.25) is 0 Å². The second-order valence-corrected chi connectivity index (χ2v) is 8.17. The molecule has 4 rings (SSSR count). The predicted octanol–water partition coefficient (Wildman–Crippen LogP) is 3.72. The number of morpholine rings is 1. The summed E-state index contributed by atoms with van der Waals surface area (Å²) >= 11 is 0. The van der Waals surface area contributed by atoms with E-state index < -0.39 is 0 Å². The highest BCUT2D eigenvalue weighted by molar-refractivity contribution is 6.00. The molecule has 0 spiro atoms. The average molecular weight is 432 g/mol. The van der Waals surface area contributed by atoms with Crippen LogP contribution < -0.4 is 10.6 Å². The topological polar surface area (TPSA) is 94.2 Å². The molecular formula is C25H29N5O2. The Morgan fingerprint density at radius 1 is 1.22 bits per heavy atom. The molecule has 0 saturated carbocycles. The van der Waals surface area contributed by atoms with E-state index in [-0.39, 0.29) is 29.8 Å². The highest BCUT2D eigenvalue weighted by Gasteiger charge is 2.22. The number of nitrogens with two attached hydrogens (primary N) is 1. The number of ether oxygens (including phenoxy) is 1. The minimum Gasteiger partial charge on any atom is -0.382 e. The maximum atomic E-state index is 13.2. The molecule has 7 heteroatoms. The molecule has 166 valence electrons. The number of ketones is 1. The number of carbonyl (C=O) groups excluding carboxylic acids is 1. The number of pyridine rings is 1. The van der Waals surface area contributed by atoms with Crippen molar-refractivity contribution in [1.29, 1.82) is 0 Å². The number of nitrogen functional groups attached to an aromatic ring is 1. The molecule has 7 nitrogen and oxygen atoms in total. The first kappa shape index (κ1) is 21.9. The number of hydrogen-bond donors (Lipinski definition) is 1. The highest BCUT2D eigenvalue weighted by Crippen LogP contribution is 2.25. The van der Waals surface area contributed by atoms with E-state index >= 15 is 0 Å². The maximum absolute atomic E-state index is 13.2. The van der Waals surface area contributed by atoms with Crippen molar-refractivity contribution in [2.75, 3.05) is 30.3 Å². The summed E-state index contributed by atoms with van der Waals surface area (Å²) in [6.45, 7) is 6.42. The summed E-state index contributed by atoms with van der Waals surface area (Å²) in [6.07, 6.45) is 7.54. The molecule has 3 aromatic rings. The molecule has 2 N–H and O–H groups in total. The van der Waals surface area contributed by atoms with E-state index in [9.17, 15) is 4.79 Å². The molecule has 0 radical (unpaired) electrons. The summed E-state index contributed by atoms with van der Waals surface area (Å²) in [7, 11) is 0. The van der Waals surface area contributed by atoms with Crippen molar-refractivity contribution in [3.05, 3.63) is 65.7 Å². The van der Waals surface area contributed by atoms with E-state index in [1.54, 1.807) is 18.6 Å². The van der Waals surface area contributed by atoms with Crippen LogP contribution in [0, 0.1) is 0 Å². The first-order valence-electron chi connectivity index (χ1n) is 11.1. The summed E-state index contributed by atoms with van der Waals surface area (Å²) in [5, 5.41) is 0. The summed E-state index contributed by atoms with van der Waals surface area (Å²) in [4.78, 5) is 28.5. The van der Waals surface area contributed by atoms with Crippen LogP contribution in [0.5, 0.6) is 0 Å². The van der Waals surface area contributed by atoms with Crippen molar-refractivity contribution in [1.82, 2.24) is 15.0 Å². The van der Waals surface area contributed by atoms with Gasteiger partial charge in [-0.05, 0) is 25.0 Å². The van der Waals surface area contributed by atoms with Crippen LogP contribution >= 0.6 is 0 Å². The monoisotopic (exact) mass is 431 g/mol. The standard InChI is InChI=1S/C25H29N5O2/c1-3-4-18-5-7-19(8-6-18)21-15-28-25(26)24(29-21)23(31)13-20-14-27-10-9-22(20)30-11-12-32-17(2)16-30/h5-10,14-15,17H,3-4,11-13,16H2,1-2H3,(H2,26,28)/t17-/m0/s1. The number of carbonyl (C=O) groups is 1. The molecule has 2 aromatic heterocycles. The fourth-order valence-corrected chi connectivity index (χ4v) is 4.03. The van der Waals surface area contributed by atoms with Gasteiger partial charge in [0, 0.05) is 48.7 Å². The molecule has 1 aliphatic heterocycles. The molecule has 0 aliphatic carbocycles. The molecule has 1 aromatic carbocycles. The lowest BCUT2D eigenvalue weighted by molar-refractivity contribution is 0.0532. The zero-order chi connectivity index (χ0) is 22.5. The van der Waals surface area contributed by atoms with Crippen molar-refractivity contribution < 1.29 is 9.53 Å². The van der Waals surface area contributed by atoms with Gasteiger partial charge in [-0.15, -0.1) is 0 Å². The molecular weight excluding hydrogens is 402 g/mol. The summed E-state index contributed by atoms with van der Waals surface area (Å²) in [5.74, 6) is -0.0261. The van der Waals surface area contributed by atoms with E-state index in [2.05, 4.69) is 45.8 Å². The van der Waals surface area contributed by atoms with Gasteiger partial charge in [0.15, 0.2) is 11.6 Å². The Bertz CT molecular complexity index is 1080. The second-order valence-electron chi connectivity index (χ2n) is 8.17. The SMILES string of the molecule is CCCc1ccc(-c2cnc(N)c(C(=O)Cc3cnccc3N3CCO[C@@H](C)C3)n2)cc1. The molecule has 32 heavy (non-hydrogen) atoms. The zero-order valence-corrected chi connectivity index (χ0v) is 18.6. The van der Waals surface area contributed by atoms with Gasteiger partial charge in [0.05, 0.1) is 24.6 Å². The Balaban J connectivity index is 1.57. The van der Waals surface area contributed by atoms with E-state index in [0.717, 1.165) is 42.7 Å². The Morgan fingerprint density at radius 2 is 2.03 bits per heavy atom. The normalized spacial score (nSPS) is 16.2. The van der Waals surface area contributed by atoms with Gasteiger partial charge < -0.3 is 15.4 Å². The molecule has 3 heterocycles. The van der Waals surface area contributed by atoms with Crippen LogP contribution in [-0.4, -0.2) is 46.5 Å². The fraction of sp³-hybridized carbons (Fsp3) is 0.360. The largest absolute Gasteiger partial charge is 0.382 e. The van der Waals surface area contributed by atoms with Crippen LogP contribution in [0.25, 0.3) is 11.3 Å². The van der Waals surface area contributed by atoms with Crippen molar-refractivity contribution in [2.45, 2.75) is 39.2 Å². The summed E-state index contributed by atoms with van der Waals surface area (Å²) in [5.41, 5.74) is 10.9. The number of rotatable bonds is 7. The van der Waals surface area contributed by atoms with Crippen LogP contribution in [0.1, 0.15) is 41.9 Å². The number of benzene rings is 1. The second kappa shape index (κ2) is 9.87. The van der Waals surface area contributed by atoms with Crippen molar-refractivity contribution in [3.63, 3.8) is 0 Å². The lowest BCUT2D eigenvalue weighted by atomic mass is 10.0. The van der Waals surface area contributed by atoms with Crippen LogP contribution in [0.3, 0.4) is 0 Å². The third-order valence-electron chi connectivity index (χ3n) is 5.66. The number of Topliss-reactive ketones (excluding diaryl/α,β-unsaturated/α-hetero) is 1. The summed E-state index contributed by atoms with van der Waals surface area (Å²) < 4.78 is 5.65. The first-order valence-corrected chi connectivity index (χ1v) is 11.1.